The first-order chi connectivity index (χ1) is 9.22. The largest absolute Gasteiger partial charge is 0.365 e. The number of anilines is 1. The molecule has 6 heteroatoms. The Kier molecular flexibility index (Phi) is 3.05. The monoisotopic (exact) mass is 273 g/mol. The third kappa shape index (κ3) is 2.51. The molecule has 0 aliphatic heterocycles. The zero-order valence-electron chi connectivity index (χ0n) is 10.3. The van der Waals surface area contributed by atoms with Gasteiger partial charge in [-0.2, -0.15) is 15.1 Å². The Morgan fingerprint density at radius 3 is 2.79 bits per heavy atom. The molecule has 0 radical (unpaired) electrons. The van der Waals surface area contributed by atoms with Gasteiger partial charge in [-0.25, -0.2) is 0 Å². The van der Waals surface area contributed by atoms with E-state index in [1.807, 2.05) is 0 Å². The number of benzene rings is 1. The van der Waals surface area contributed by atoms with Crippen molar-refractivity contribution in [2.45, 2.75) is 13.5 Å². The zero-order chi connectivity index (χ0) is 13.2. The van der Waals surface area contributed by atoms with Crippen molar-refractivity contribution in [3.63, 3.8) is 0 Å². The molecule has 5 nitrogen and oxygen atoms in total. The van der Waals surface area contributed by atoms with E-state index in [0.717, 1.165) is 5.39 Å². The second-order valence-corrected chi connectivity index (χ2v) is 4.65. The van der Waals surface area contributed by atoms with Gasteiger partial charge in [0.25, 0.3) is 0 Å². The molecule has 0 unspecified atom stereocenters. The minimum absolute atomic E-state index is 0.197. The second-order valence-electron chi connectivity index (χ2n) is 4.31. The van der Waals surface area contributed by atoms with E-state index in [4.69, 9.17) is 11.6 Å². The number of nitrogens with one attached hydrogen (secondary N) is 2. The summed E-state index contributed by atoms with van der Waals surface area (Å²) in [7, 11) is 0. The smallest absolute Gasteiger partial charge is 0.226 e. The summed E-state index contributed by atoms with van der Waals surface area (Å²) >= 11 is 5.87. The molecule has 0 saturated heterocycles. The molecule has 0 fully saturated rings. The lowest BCUT2D eigenvalue weighted by molar-refractivity contribution is 1.08. The number of H-pyrrole nitrogens is 1. The van der Waals surface area contributed by atoms with Crippen LogP contribution in [0.25, 0.3) is 11.0 Å². The highest BCUT2D eigenvalue weighted by Crippen LogP contribution is 2.20. The van der Waals surface area contributed by atoms with Crippen LogP contribution in [0.15, 0.2) is 30.5 Å². The first-order valence-corrected chi connectivity index (χ1v) is 6.26. The highest BCUT2D eigenvalue weighted by molar-refractivity contribution is 6.28. The maximum absolute atomic E-state index is 5.87. The third-order valence-electron chi connectivity index (χ3n) is 2.86. The van der Waals surface area contributed by atoms with E-state index in [1.165, 1.54) is 11.1 Å². The number of nitrogens with zero attached hydrogens (tertiary/aromatic N) is 3. The molecule has 19 heavy (non-hydrogen) atoms. The standard InChI is InChI=1S/C13H12ClN5/c1-8-2-4-9(5-3-8)6-15-11-10-7-16-19-12(10)18-13(14)17-11/h2-5,7H,6H2,1H3,(H2,15,16,17,18,19). The van der Waals surface area contributed by atoms with Crippen molar-refractivity contribution in [2.75, 3.05) is 5.32 Å². The quantitative estimate of drug-likeness (QED) is 0.720. The van der Waals surface area contributed by atoms with E-state index >= 15 is 0 Å². The van der Waals surface area contributed by atoms with Crippen LogP contribution >= 0.6 is 11.6 Å². The van der Waals surface area contributed by atoms with Crippen molar-refractivity contribution in [1.29, 1.82) is 0 Å². The fourth-order valence-corrected chi connectivity index (χ4v) is 2.00. The third-order valence-corrected chi connectivity index (χ3v) is 3.03. The Labute approximate surface area is 115 Å². The normalized spacial score (nSPS) is 10.8. The van der Waals surface area contributed by atoms with E-state index < -0.39 is 0 Å². The van der Waals surface area contributed by atoms with Crippen LogP contribution < -0.4 is 5.32 Å². The highest BCUT2D eigenvalue weighted by Gasteiger charge is 2.07. The molecule has 2 aromatic heterocycles. The molecule has 1 aromatic carbocycles. The number of halogens is 1. The van der Waals surface area contributed by atoms with Crippen LogP contribution in [-0.2, 0) is 6.54 Å². The topological polar surface area (TPSA) is 66.5 Å². The zero-order valence-corrected chi connectivity index (χ0v) is 11.1. The van der Waals surface area contributed by atoms with Crippen molar-refractivity contribution in [2.24, 2.45) is 0 Å². The average molecular weight is 274 g/mol. The Balaban J connectivity index is 1.85. The number of hydrogen-bond acceptors (Lipinski definition) is 4. The molecule has 96 valence electrons. The maximum Gasteiger partial charge on any atom is 0.226 e. The van der Waals surface area contributed by atoms with Gasteiger partial charge in [-0.3, -0.25) is 5.10 Å². The minimum Gasteiger partial charge on any atom is -0.365 e. The van der Waals surface area contributed by atoms with Gasteiger partial charge < -0.3 is 5.32 Å². The lowest BCUT2D eigenvalue weighted by Crippen LogP contribution is -2.02. The predicted molar refractivity (Wildman–Crippen MR) is 75.2 cm³/mol. The summed E-state index contributed by atoms with van der Waals surface area (Å²) in [6, 6.07) is 8.32. The number of aryl methyl sites for hydroxylation is 1. The number of fused-ring (bicyclic) bond motifs is 1. The van der Waals surface area contributed by atoms with Gasteiger partial charge in [-0.15, -0.1) is 0 Å². The van der Waals surface area contributed by atoms with Crippen LogP contribution in [0.4, 0.5) is 5.82 Å². The Hall–Kier alpha value is -2.14. The summed E-state index contributed by atoms with van der Waals surface area (Å²) in [6.07, 6.45) is 1.68. The van der Waals surface area contributed by atoms with Crippen LogP contribution in [-0.4, -0.2) is 20.2 Å². The fraction of sp³-hybridized carbons (Fsp3) is 0.154. The van der Waals surface area contributed by atoms with E-state index in [1.54, 1.807) is 6.20 Å². The molecule has 3 rings (SSSR count). The van der Waals surface area contributed by atoms with Crippen LogP contribution in [0.1, 0.15) is 11.1 Å². The lowest BCUT2D eigenvalue weighted by atomic mass is 10.1. The van der Waals surface area contributed by atoms with Gasteiger partial charge in [0.1, 0.15) is 5.82 Å². The molecule has 2 heterocycles. The summed E-state index contributed by atoms with van der Waals surface area (Å²) in [5, 5.41) is 11.0. The van der Waals surface area contributed by atoms with Gasteiger partial charge in [0.05, 0.1) is 11.6 Å². The van der Waals surface area contributed by atoms with Crippen molar-refractivity contribution >= 4 is 28.5 Å². The second kappa shape index (κ2) is 4.85. The van der Waals surface area contributed by atoms with Gasteiger partial charge in [-0.1, -0.05) is 29.8 Å². The minimum atomic E-state index is 0.197. The van der Waals surface area contributed by atoms with Gasteiger partial charge in [-0.05, 0) is 24.1 Å². The molecule has 0 spiro atoms. The van der Waals surface area contributed by atoms with Gasteiger partial charge in [0, 0.05) is 6.54 Å². The first kappa shape index (κ1) is 11.9. The Bertz CT molecular complexity index is 705. The molecule has 0 bridgehead atoms. The van der Waals surface area contributed by atoms with Crippen molar-refractivity contribution in [3.05, 3.63) is 46.9 Å². The SMILES string of the molecule is Cc1ccc(CNc2nc(Cl)nc3[nH]ncc23)cc1. The molecule has 2 N–H and O–H groups in total. The summed E-state index contributed by atoms with van der Waals surface area (Å²) in [4.78, 5) is 8.25. The molecule has 0 atom stereocenters. The van der Waals surface area contributed by atoms with Gasteiger partial charge in [0.2, 0.25) is 5.28 Å². The van der Waals surface area contributed by atoms with Crippen LogP contribution in [0.3, 0.4) is 0 Å². The molecule has 0 aliphatic rings. The average Bonchev–Trinajstić information content (AvgIpc) is 2.85. The molecule has 0 saturated carbocycles. The Morgan fingerprint density at radius 2 is 2.00 bits per heavy atom. The van der Waals surface area contributed by atoms with Gasteiger partial charge >= 0.3 is 0 Å². The van der Waals surface area contributed by atoms with E-state index in [9.17, 15) is 0 Å². The number of hydrogen-bond donors (Lipinski definition) is 2. The first-order valence-electron chi connectivity index (χ1n) is 5.88. The van der Waals surface area contributed by atoms with E-state index in [2.05, 4.69) is 56.7 Å². The lowest BCUT2D eigenvalue weighted by Gasteiger charge is -2.07. The molecule has 0 aliphatic carbocycles. The van der Waals surface area contributed by atoms with Crippen LogP contribution in [0.2, 0.25) is 5.28 Å². The van der Waals surface area contributed by atoms with Crippen LogP contribution in [0.5, 0.6) is 0 Å². The summed E-state index contributed by atoms with van der Waals surface area (Å²) in [5.41, 5.74) is 3.05. The molecular formula is C13H12ClN5. The molecular weight excluding hydrogens is 262 g/mol. The number of aromatic amines is 1. The maximum atomic E-state index is 5.87. The van der Waals surface area contributed by atoms with Crippen molar-refractivity contribution in [3.8, 4) is 0 Å². The van der Waals surface area contributed by atoms with E-state index in [0.29, 0.717) is 18.0 Å². The van der Waals surface area contributed by atoms with Crippen molar-refractivity contribution < 1.29 is 0 Å². The molecule has 3 aromatic rings. The number of aromatic nitrogens is 4. The highest BCUT2D eigenvalue weighted by atomic mass is 35.5. The molecule has 0 amide bonds. The van der Waals surface area contributed by atoms with E-state index in [-0.39, 0.29) is 5.28 Å². The summed E-state index contributed by atoms with van der Waals surface area (Å²) < 4.78 is 0. The predicted octanol–water partition coefficient (Wildman–Crippen LogP) is 2.93. The van der Waals surface area contributed by atoms with Crippen LogP contribution in [0, 0.1) is 6.92 Å². The fourth-order valence-electron chi connectivity index (χ4n) is 1.83. The Morgan fingerprint density at radius 1 is 1.21 bits per heavy atom. The van der Waals surface area contributed by atoms with Gasteiger partial charge in [0.15, 0.2) is 5.65 Å². The summed E-state index contributed by atoms with van der Waals surface area (Å²) in [5.74, 6) is 0.685. The van der Waals surface area contributed by atoms with Crippen molar-refractivity contribution in [1.82, 2.24) is 20.2 Å². The summed E-state index contributed by atoms with van der Waals surface area (Å²) in [6.45, 7) is 2.74. The number of rotatable bonds is 3.